The Morgan fingerprint density at radius 1 is 1.44 bits per heavy atom. The van der Waals surface area contributed by atoms with Crippen molar-refractivity contribution in [3.05, 3.63) is 22.7 Å². The van der Waals surface area contributed by atoms with Gasteiger partial charge in [-0.1, -0.05) is 20.8 Å². The van der Waals surface area contributed by atoms with E-state index in [0.29, 0.717) is 0 Å². The lowest BCUT2D eigenvalue weighted by Crippen LogP contribution is -2.44. The highest BCUT2D eigenvalue weighted by Gasteiger charge is 2.47. The largest absolute Gasteiger partial charge is 0.414 e. The van der Waals surface area contributed by atoms with E-state index in [1.165, 1.54) is 23.9 Å². The van der Waals surface area contributed by atoms with Gasteiger partial charge in [-0.05, 0) is 24.2 Å². The molecule has 3 N–H and O–H groups in total. The van der Waals surface area contributed by atoms with Gasteiger partial charge >= 0.3 is 5.69 Å². The molecular formula is C16H29N3O5Si. The zero-order chi connectivity index (χ0) is 19.0. The lowest BCUT2D eigenvalue weighted by molar-refractivity contribution is -0.0612. The van der Waals surface area contributed by atoms with Gasteiger partial charge in [0.15, 0.2) is 14.5 Å². The van der Waals surface area contributed by atoms with E-state index in [1.54, 1.807) is 0 Å². The van der Waals surface area contributed by atoms with Crippen molar-refractivity contribution in [1.29, 1.82) is 0 Å². The Morgan fingerprint density at radius 2 is 2.08 bits per heavy atom. The first kappa shape index (κ1) is 20.1. The van der Waals surface area contributed by atoms with Gasteiger partial charge in [0.25, 0.3) is 0 Å². The molecular weight excluding hydrogens is 342 g/mol. The number of nitrogens with two attached hydrogens (primary N) is 1. The summed E-state index contributed by atoms with van der Waals surface area (Å²) in [5, 5.41) is 10.6. The number of aliphatic hydroxyl groups is 1. The minimum atomic E-state index is -1.98. The predicted molar refractivity (Wildman–Crippen MR) is 96.8 cm³/mol. The number of hydrogen-bond donors (Lipinski definition) is 2. The second-order valence-electron chi connectivity index (χ2n) is 7.87. The Kier molecular flexibility index (Phi) is 5.74. The number of aromatic nitrogens is 2. The Balaban J connectivity index is 2.17. The number of nitrogen functional groups attached to an aromatic ring is 1. The summed E-state index contributed by atoms with van der Waals surface area (Å²) in [6.07, 6.45) is -1.49. The summed E-state index contributed by atoms with van der Waals surface area (Å²) in [4.78, 5) is 15.8. The molecule has 1 fully saturated rings. The highest BCUT2D eigenvalue weighted by molar-refractivity contribution is 6.74. The first-order chi connectivity index (χ1) is 11.5. The lowest BCUT2D eigenvalue weighted by atomic mass is 10.1. The molecule has 2 heterocycles. The summed E-state index contributed by atoms with van der Waals surface area (Å²) in [5.74, 6) is 0.131. The van der Waals surface area contributed by atoms with E-state index in [-0.39, 0.29) is 17.5 Å². The van der Waals surface area contributed by atoms with Crippen molar-refractivity contribution in [3.8, 4) is 0 Å². The van der Waals surface area contributed by atoms with Gasteiger partial charge in [0, 0.05) is 13.3 Å². The maximum Gasteiger partial charge on any atom is 0.351 e. The molecule has 25 heavy (non-hydrogen) atoms. The quantitative estimate of drug-likeness (QED) is 0.747. The van der Waals surface area contributed by atoms with Gasteiger partial charge < -0.3 is 24.7 Å². The van der Waals surface area contributed by atoms with Gasteiger partial charge in [0.05, 0.1) is 6.61 Å². The Bertz CT molecular complexity index is 658. The molecule has 9 heteroatoms. The fourth-order valence-electron chi connectivity index (χ4n) is 2.46. The summed E-state index contributed by atoms with van der Waals surface area (Å²) in [5.41, 5.74) is 4.97. The standard InChI is InChI=1S/C16H29N3O5Si/c1-16(2,3)25(5,6)23-9-10-12(20)13(22-4)14(24-10)19-8-7-11(17)18-15(19)21/h7-8,10,12-14,20H,9H2,1-6H3,(H2,17,18,21)/t10-,12?,13+,14-/m1/s1. The van der Waals surface area contributed by atoms with Crippen LogP contribution in [0.2, 0.25) is 18.1 Å². The number of methoxy groups -OCH3 is 1. The highest BCUT2D eigenvalue weighted by atomic mass is 28.4. The molecule has 4 atom stereocenters. The molecule has 0 spiro atoms. The van der Waals surface area contributed by atoms with E-state index >= 15 is 0 Å². The smallest absolute Gasteiger partial charge is 0.351 e. The van der Waals surface area contributed by atoms with E-state index in [2.05, 4.69) is 38.8 Å². The monoisotopic (exact) mass is 371 g/mol. The number of nitrogens with zero attached hydrogens (tertiary/aromatic N) is 2. The molecule has 0 aromatic carbocycles. The van der Waals surface area contributed by atoms with Gasteiger partial charge in [0.1, 0.15) is 24.1 Å². The van der Waals surface area contributed by atoms with Crippen LogP contribution < -0.4 is 11.4 Å². The van der Waals surface area contributed by atoms with E-state index in [0.717, 1.165) is 0 Å². The molecule has 0 aliphatic carbocycles. The number of ether oxygens (including phenoxy) is 2. The van der Waals surface area contributed by atoms with Crippen molar-refractivity contribution in [2.24, 2.45) is 0 Å². The van der Waals surface area contributed by atoms with Crippen molar-refractivity contribution in [2.45, 2.75) is 63.4 Å². The Morgan fingerprint density at radius 3 is 2.60 bits per heavy atom. The molecule has 1 aliphatic rings. The highest BCUT2D eigenvalue weighted by Crippen LogP contribution is 2.38. The normalized spacial score (nSPS) is 27.6. The van der Waals surface area contributed by atoms with Crippen LogP contribution in [0.4, 0.5) is 5.82 Å². The van der Waals surface area contributed by atoms with E-state index < -0.39 is 38.5 Å². The van der Waals surface area contributed by atoms with Crippen LogP contribution in [0.15, 0.2) is 17.1 Å². The summed E-state index contributed by atoms with van der Waals surface area (Å²) < 4.78 is 18.7. The van der Waals surface area contributed by atoms with Crippen LogP contribution in [0, 0.1) is 0 Å². The topological polar surface area (TPSA) is 109 Å². The fraction of sp³-hybridized carbons (Fsp3) is 0.750. The lowest BCUT2D eigenvalue weighted by Gasteiger charge is -2.37. The molecule has 1 aromatic heterocycles. The van der Waals surface area contributed by atoms with Crippen LogP contribution in [0.3, 0.4) is 0 Å². The van der Waals surface area contributed by atoms with Crippen LogP contribution in [0.25, 0.3) is 0 Å². The molecule has 1 aliphatic heterocycles. The first-order valence-electron chi connectivity index (χ1n) is 8.33. The maximum absolute atomic E-state index is 12.1. The molecule has 1 saturated heterocycles. The average Bonchev–Trinajstić information content (AvgIpc) is 2.80. The van der Waals surface area contributed by atoms with E-state index in [9.17, 15) is 9.90 Å². The van der Waals surface area contributed by atoms with Crippen molar-refractivity contribution in [1.82, 2.24) is 9.55 Å². The third-order valence-corrected chi connectivity index (χ3v) is 9.63. The SMILES string of the molecule is CO[C@H]1C(O)[C@@H](CO[Si](C)(C)C(C)(C)C)O[C@H]1n1ccc(N)nc1=O. The second kappa shape index (κ2) is 7.16. The van der Waals surface area contributed by atoms with Crippen LogP contribution in [0.1, 0.15) is 27.0 Å². The van der Waals surface area contributed by atoms with Crippen LogP contribution in [0.5, 0.6) is 0 Å². The summed E-state index contributed by atoms with van der Waals surface area (Å²) >= 11 is 0. The van der Waals surface area contributed by atoms with Gasteiger partial charge in [-0.3, -0.25) is 4.57 Å². The molecule has 0 amide bonds. The van der Waals surface area contributed by atoms with Gasteiger partial charge in [-0.2, -0.15) is 4.98 Å². The van der Waals surface area contributed by atoms with Crippen molar-refractivity contribution in [3.63, 3.8) is 0 Å². The third kappa shape index (κ3) is 4.12. The van der Waals surface area contributed by atoms with E-state index in [4.69, 9.17) is 19.6 Å². The number of aliphatic hydroxyl groups excluding tert-OH is 1. The molecule has 2 rings (SSSR count). The third-order valence-electron chi connectivity index (χ3n) is 5.13. The molecule has 142 valence electrons. The predicted octanol–water partition coefficient (Wildman–Crippen LogP) is 1.12. The number of hydrogen-bond acceptors (Lipinski definition) is 7. The Labute approximate surface area is 149 Å². The zero-order valence-corrected chi connectivity index (χ0v) is 16.7. The molecule has 0 bridgehead atoms. The second-order valence-corrected chi connectivity index (χ2v) is 12.7. The zero-order valence-electron chi connectivity index (χ0n) is 15.7. The van der Waals surface area contributed by atoms with Crippen molar-refractivity contribution < 1.29 is 19.0 Å². The molecule has 0 radical (unpaired) electrons. The van der Waals surface area contributed by atoms with Gasteiger partial charge in [0.2, 0.25) is 0 Å². The fourth-order valence-corrected chi connectivity index (χ4v) is 3.48. The summed E-state index contributed by atoms with van der Waals surface area (Å²) in [6, 6.07) is 1.50. The van der Waals surface area contributed by atoms with Gasteiger partial charge in [-0.15, -0.1) is 0 Å². The molecule has 1 aromatic rings. The summed E-state index contributed by atoms with van der Waals surface area (Å²) in [6.45, 7) is 10.9. The average molecular weight is 372 g/mol. The van der Waals surface area contributed by atoms with Crippen molar-refractivity contribution in [2.75, 3.05) is 19.5 Å². The van der Waals surface area contributed by atoms with Crippen molar-refractivity contribution >= 4 is 14.1 Å². The summed E-state index contributed by atoms with van der Waals surface area (Å²) in [7, 11) is -0.514. The van der Waals surface area contributed by atoms with E-state index in [1.807, 2.05) is 0 Å². The minimum absolute atomic E-state index is 0.0500. The maximum atomic E-state index is 12.1. The minimum Gasteiger partial charge on any atom is -0.414 e. The molecule has 1 unspecified atom stereocenters. The first-order valence-corrected chi connectivity index (χ1v) is 11.2. The van der Waals surface area contributed by atoms with Crippen LogP contribution >= 0.6 is 0 Å². The molecule has 8 nitrogen and oxygen atoms in total. The van der Waals surface area contributed by atoms with Crippen LogP contribution in [-0.4, -0.2) is 55.0 Å². The Hall–Kier alpha value is -1.26. The number of anilines is 1. The van der Waals surface area contributed by atoms with Gasteiger partial charge in [-0.25, -0.2) is 4.79 Å². The van der Waals surface area contributed by atoms with Crippen LogP contribution in [-0.2, 0) is 13.9 Å². The number of rotatable bonds is 5. The molecule has 0 saturated carbocycles.